The van der Waals surface area contributed by atoms with Gasteiger partial charge in [0.1, 0.15) is 11.9 Å². The van der Waals surface area contributed by atoms with Gasteiger partial charge in [-0.05, 0) is 0 Å². The Kier molecular flexibility index (Phi) is 4.47. The Morgan fingerprint density at radius 3 is 2.58 bits per heavy atom. The van der Waals surface area contributed by atoms with Crippen molar-refractivity contribution in [3.8, 4) is 0 Å². The van der Waals surface area contributed by atoms with Crippen molar-refractivity contribution in [3.63, 3.8) is 0 Å². The van der Waals surface area contributed by atoms with Crippen molar-refractivity contribution < 1.29 is 15.3 Å². The molecule has 0 spiro atoms. The summed E-state index contributed by atoms with van der Waals surface area (Å²) in [7, 11) is 0. The van der Waals surface area contributed by atoms with Crippen molar-refractivity contribution in [2.24, 2.45) is 16.6 Å². The zero-order chi connectivity index (χ0) is 8.43. The van der Waals surface area contributed by atoms with E-state index in [0.717, 1.165) is 0 Å². The Labute approximate surface area is 76.3 Å². The largest absolute Gasteiger partial charge is 0.396 e. The third-order valence-corrected chi connectivity index (χ3v) is 1.85. The fraction of sp³-hybridized carbons (Fsp3) is 0.833. The second-order valence-electron chi connectivity index (χ2n) is 2.64. The number of aliphatic hydroxyl groups excluding tert-OH is 3. The first-order valence-corrected chi connectivity index (χ1v) is 3.43. The van der Waals surface area contributed by atoms with Crippen LogP contribution in [0.2, 0.25) is 0 Å². The predicted octanol–water partition coefficient (Wildman–Crippen LogP) is -1.89. The van der Waals surface area contributed by atoms with Crippen LogP contribution in [0.3, 0.4) is 0 Å². The lowest BCUT2D eigenvalue weighted by molar-refractivity contribution is -0.00548. The SMILES string of the molecule is Cl.NC1=NC[C@H](CO)[C@@H](O)[C@@H]1O. The summed E-state index contributed by atoms with van der Waals surface area (Å²) in [5.41, 5.74) is 5.24. The lowest BCUT2D eigenvalue weighted by atomic mass is 9.95. The van der Waals surface area contributed by atoms with E-state index in [0.29, 0.717) is 0 Å². The molecule has 0 amide bonds. The summed E-state index contributed by atoms with van der Waals surface area (Å²) in [5.74, 6) is -0.348. The number of halogens is 1. The minimum absolute atomic E-state index is 0. The molecule has 6 heteroatoms. The van der Waals surface area contributed by atoms with Crippen LogP contribution in [0.25, 0.3) is 0 Å². The first-order chi connectivity index (χ1) is 5.16. The highest BCUT2D eigenvalue weighted by Crippen LogP contribution is 2.13. The van der Waals surface area contributed by atoms with Gasteiger partial charge in [0, 0.05) is 12.5 Å². The molecule has 0 aliphatic carbocycles. The van der Waals surface area contributed by atoms with Crippen molar-refractivity contribution >= 4 is 18.2 Å². The monoisotopic (exact) mass is 196 g/mol. The van der Waals surface area contributed by atoms with E-state index in [9.17, 15) is 5.11 Å². The maximum Gasteiger partial charge on any atom is 0.137 e. The Hall–Kier alpha value is -0.360. The number of nitrogens with zero attached hydrogens (tertiary/aromatic N) is 1. The van der Waals surface area contributed by atoms with Gasteiger partial charge in [0.2, 0.25) is 0 Å². The average Bonchev–Trinajstić information content (AvgIpc) is 2.01. The van der Waals surface area contributed by atoms with Crippen LogP contribution in [0.4, 0.5) is 0 Å². The zero-order valence-corrected chi connectivity index (χ0v) is 7.24. The summed E-state index contributed by atoms with van der Waals surface area (Å²) in [6, 6.07) is 0. The number of hydrogen-bond donors (Lipinski definition) is 4. The van der Waals surface area contributed by atoms with Crippen LogP contribution in [0, 0.1) is 5.92 Å². The number of rotatable bonds is 1. The molecule has 0 aromatic carbocycles. The van der Waals surface area contributed by atoms with Crippen LogP contribution >= 0.6 is 12.4 Å². The summed E-state index contributed by atoms with van der Waals surface area (Å²) < 4.78 is 0. The molecule has 0 bridgehead atoms. The molecule has 72 valence electrons. The number of hydrogen-bond acceptors (Lipinski definition) is 5. The molecule has 0 unspecified atom stereocenters. The highest BCUT2D eigenvalue weighted by atomic mass is 35.5. The number of amidine groups is 1. The Balaban J connectivity index is 0.00000121. The summed E-state index contributed by atoms with van der Waals surface area (Å²) in [5, 5.41) is 27.1. The number of aliphatic hydroxyl groups is 3. The third-order valence-electron chi connectivity index (χ3n) is 1.85. The van der Waals surface area contributed by atoms with Crippen molar-refractivity contribution in [2.75, 3.05) is 13.2 Å². The molecule has 0 aromatic rings. The highest BCUT2D eigenvalue weighted by Gasteiger charge is 2.31. The predicted molar refractivity (Wildman–Crippen MR) is 46.3 cm³/mol. The first-order valence-electron chi connectivity index (χ1n) is 3.43. The Morgan fingerprint density at radius 1 is 1.50 bits per heavy atom. The summed E-state index contributed by atoms with van der Waals surface area (Å²) in [6.45, 7) is 0.0928. The minimum atomic E-state index is -1.12. The maximum absolute atomic E-state index is 9.24. The molecule has 0 fully saturated rings. The van der Waals surface area contributed by atoms with Gasteiger partial charge in [0.25, 0.3) is 0 Å². The summed E-state index contributed by atoms with van der Waals surface area (Å²) in [6.07, 6.45) is -2.11. The Bertz CT molecular complexity index is 176. The lowest BCUT2D eigenvalue weighted by Gasteiger charge is -2.28. The normalized spacial score (nSPS) is 35.2. The van der Waals surface area contributed by atoms with E-state index in [1.165, 1.54) is 0 Å². The van der Waals surface area contributed by atoms with Crippen molar-refractivity contribution in [2.45, 2.75) is 12.2 Å². The van der Waals surface area contributed by atoms with Crippen molar-refractivity contribution in [1.29, 1.82) is 0 Å². The molecule has 5 nitrogen and oxygen atoms in total. The quantitative estimate of drug-likeness (QED) is 0.394. The van der Waals surface area contributed by atoms with E-state index in [1.807, 2.05) is 0 Å². The van der Waals surface area contributed by atoms with Gasteiger partial charge in [-0.3, -0.25) is 4.99 Å². The van der Waals surface area contributed by atoms with Crippen LogP contribution in [0.15, 0.2) is 4.99 Å². The van der Waals surface area contributed by atoms with Crippen LogP contribution in [-0.2, 0) is 0 Å². The molecule has 0 radical (unpaired) electrons. The van der Waals surface area contributed by atoms with Gasteiger partial charge in [0.15, 0.2) is 0 Å². The fourth-order valence-electron chi connectivity index (χ4n) is 1.02. The summed E-state index contributed by atoms with van der Waals surface area (Å²) >= 11 is 0. The van der Waals surface area contributed by atoms with Crippen LogP contribution < -0.4 is 5.73 Å². The number of nitrogens with two attached hydrogens (primary N) is 1. The smallest absolute Gasteiger partial charge is 0.137 e. The molecule has 0 saturated carbocycles. The van der Waals surface area contributed by atoms with Gasteiger partial charge in [-0.25, -0.2) is 0 Å². The van der Waals surface area contributed by atoms with Gasteiger partial charge in [0.05, 0.1) is 12.7 Å². The van der Waals surface area contributed by atoms with Crippen molar-refractivity contribution in [3.05, 3.63) is 0 Å². The van der Waals surface area contributed by atoms with E-state index in [-0.39, 0.29) is 31.4 Å². The molecule has 0 saturated heterocycles. The Morgan fingerprint density at radius 2 is 2.08 bits per heavy atom. The molecule has 1 rings (SSSR count). The van der Waals surface area contributed by atoms with Crippen LogP contribution in [0.5, 0.6) is 0 Å². The van der Waals surface area contributed by atoms with Gasteiger partial charge in [-0.2, -0.15) is 0 Å². The third kappa shape index (κ3) is 2.07. The van der Waals surface area contributed by atoms with Gasteiger partial charge in [-0.15, -0.1) is 12.4 Å². The summed E-state index contributed by atoms with van der Waals surface area (Å²) in [4.78, 5) is 3.74. The topological polar surface area (TPSA) is 99.1 Å². The molecular weight excluding hydrogens is 184 g/mol. The van der Waals surface area contributed by atoms with Crippen molar-refractivity contribution in [1.82, 2.24) is 0 Å². The lowest BCUT2D eigenvalue weighted by Crippen LogP contribution is -2.48. The second kappa shape index (κ2) is 4.61. The standard InChI is InChI=1S/C6H12N2O3.ClH/c7-6-5(11)4(10)3(2-9)1-8-6;/h3-5,9-11H,1-2H2,(H2,7,8);1H/t3-,4-,5+;/m1./s1. The molecule has 0 aromatic heterocycles. The molecule has 3 atom stereocenters. The second-order valence-corrected chi connectivity index (χ2v) is 2.64. The molecular formula is C6H13ClN2O3. The molecule has 1 heterocycles. The van der Waals surface area contributed by atoms with E-state index < -0.39 is 18.1 Å². The number of aliphatic imine (C=N–C) groups is 1. The van der Waals surface area contributed by atoms with E-state index in [1.54, 1.807) is 0 Å². The maximum atomic E-state index is 9.24. The minimum Gasteiger partial charge on any atom is -0.396 e. The molecule has 1 aliphatic heterocycles. The molecule has 5 N–H and O–H groups in total. The highest BCUT2D eigenvalue weighted by molar-refractivity contribution is 5.86. The van der Waals surface area contributed by atoms with Gasteiger partial charge >= 0.3 is 0 Å². The van der Waals surface area contributed by atoms with Crippen LogP contribution in [-0.4, -0.2) is 46.5 Å². The van der Waals surface area contributed by atoms with Gasteiger partial charge in [-0.1, -0.05) is 0 Å². The fourth-order valence-corrected chi connectivity index (χ4v) is 1.02. The van der Waals surface area contributed by atoms with E-state index in [4.69, 9.17) is 15.9 Å². The van der Waals surface area contributed by atoms with Crippen LogP contribution in [0.1, 0.15) is 0 Å². The zero-order valence-electron chi connectivity index (χ0n) is 6.42. The molecule has 12 heavy (non-hydrogen) atoms. The molecule has 1 aliphatic rings. The van der Waals surface area contributed by atoms with E-state index in [2.05, 4.69) is 4.99 Å². The van der Waals surface area contributed by atoms with Gasteiger partial charge < -0.3 is 21.1 Å². The average molecular weight is 197 g/mol. The first kappa shape index (κ1) is 11.6. The van der Waals surface area contributed by atoms with E-state index >= 15 is 0 Å².